The fourth-order valence-electron chi connectivity index (χ4n) is 2.28. The summed E-state index contributed by atoms with van der Waals surface area (Å²) in [5, 5.41) is 13.9. The second-order valence-corrected chi connectivity index (χ2v) is 5.92. The summed E-state index contributed by atoms with van der Waals surface area (Å²) in [6.45, 7) is 0.790. The van der Waals surface area contributed by atoms with Crippen molar-refractivity contribution in [2.75, 3.05) is 0 Å². The Labute approximate surface area is 115 Å². The van der Waals surface area contributed by atoms with Gasteiger partial charge in [0.05, 0.1) is 6.10 Å². The lowest BCUT2D eigenvalue weighted by molar-refractivity contribution is 0.111. The highest BCUT2D eigenvalue weighted by atomic mass is 79.9. The van der Waals surface area contributed by atoms with E-state index in [0.29, 0.717) is 6.04 Å². The van der Waals surface area contributed by atoms with Crippen molar-refractivity contribution in [2.24, 2.45) is 0 Å². The largest absolute Gasteiger partial charge is 0.393 e. The van der Waals surface area contributed by atoms with E-state index in [1.54, 1.807) is 0 Å². The first kappa shape index (κ1) is 13.3. The van der Waals surface area contributed by atoms with Gasteiger partial charge in [-0.3, -0.25) is 0 Å². The lowest BCUT2D eigenvalue weighted by Crippen LogP contribution is -2.35. The molecule has 1 fully saturated rings. The highest BCUT2D eigenvalue weighted by Gasteiger charge is 2.19. The summed E-state index contributed by atoms with van der Waals surface area (Å²) in [6.07, 6.45) is 3.92. The van der Waals surface area contributed by atoms with Crippen LogP contribution in [0.15, 0.2) is 22.7 Å². The van der Waals surface area contributed by atoms with E-state index in [4.69, 9.17) is 11.6 Å². The highest BCUT2D eigenvalue weighted by Crippen LogP contribution is 2.23. The second-order valence-electron chi connectivity index (χ2n) is 4.63. The van der Waals surface area contributed by atoms with Gasteiger partial charge in [-0.2, -0.15) is 0 Å². The van der Waals surface area contributed by atoms with Crippen LogP contribution in [0.1, 0.15) is 31.2 Å². The first-order valence-electron chi connectivity index (χ1n) is 6.00. The van der Waals surface area contributed by atoms with E-state index in [1.165, 1.54) is 0 Å². The van der Waals surface area contributed by atoms with Gasteiger partial charge >= 0.3 is 0 Å². The third kappa shape index (κ3) is 3.95. The van der Waals surface area contributed by atoms with Gasteiger partial charge in [-0.15, -0.1) is 0 Å². The Morgan fingerprint density at radius 2 is 2.24 bits per heavy atom. The first-order valence-corrected chi connectivity index (χ1v) is 7.17. The topological polar surface area (TPSA) is 32.3 Å². The maximum absolute atomic E-state index is 9.61. The molecule has 94 valence electrons. The van der Waals surface area contributed by atoms with Crippen molar-refractivity contribution in [3.05, 3.63) is 33.3 Å². The molecule has 0 bridgehead atoms. The molecule has 1 saturated carbocycles. The van der Waals surface area contributed by atoms with Gasteiger partial charge < -0.3 is 10.4 Å². The molecule has 2 nitrogen and oxygen atoms in total. The molecule has 0 spiro atoms. The smallest absolute Gasteiger partial charge is 0.0555 e. The van der Waals surface area contributed by atoms with Crippen molar-refractivity contribution in [3.8, 4) is 0 Å². The zero-order valence-electron chi connectivity index (χ0n) is 9.63. The lowest BCUT2D eigenvalue weighted by Gasteiger charge is -2.27. The quantitative estimate of drug-likeness (QED) is 0.894. The predicted molar refractivity (Wildman–Crippen MR) is 74.3 cm³/mol. The summed E-state index contributed by atoms with van der Waals surface area (Å²) < 4.78 is 1.07. The minimum Gasteiger partial charge on any atom is -0.393 e. The average Bonchev–Trinajstić information content (AvgIpc) is 2.30. The van der Waals surface area contributed by atoms with Gasteiger partial charge in [0.1, 0.15) is 0 Å². The number of nitrogens with one attached hydrogen (secondary N) is 1. The molecule has 1 aromatic carbocycles. The van der Waals surface area contributed by atoms with Crippen molar-refractivity contribution in [3.63, 3.8) is 0 Å². The highest BCUT2D eigenvalue weighted by molar-refractivity contribution is 9.10. The van der Waals surface area contributed by atoms with Gasteiger partial charge in [0.15, 0.2) is 0 Å². The lowest BCUT2D eigenvalue weighted by atomic mass is 9.93. The van der Waals surface area contributed by atoms with E-state index < -0.39 is 0 Å². The van der Waals surface area contributed by atoms with E-state index in [-0.39, 0.29) is 6.10 Å². The normalized spacial score (nSPS) is 24.9. The molecule has 4 heteroatoms. The van der Waals surface area contributed by atoms with Crippen LogP contribution in [0, 0.1) is 0 Å². The minimum absolute atomic E-state index is 0.135. The van der Waals surface area contributed by atoms with E-state index in [9.17, 15) is 5.11 Å². The van der Waals surface area contributed by atoms with Gasteiger partial charge in [0, 0.05) is 22.1 Å². The van der Waals surface area contributed by atoms with E-state index in [2.05, 4.69) is 21.2 Å². The van der Waals surface area contributed by atoms with Crippen LogP contribution in [0.3, 0.4) is 0 Å². The van der Waals surface area contributed by atoms with Gasteiger partial charge in [-0.25, -0.2) is 0 Å². The molecule has 1 aliphatic carbocycles. The maximum Gasteiger partial charge on any atom is 0.0555 e. The zero-order valence-corrected chi connectivity index (χ0v) is 12.0. The molecule has 17 heavy (non-hydrogen) atoms. The van der Waals surface area contributed by atoms with Crippen LogP contribution in [-0.2, 0) is 6.54 Å². The number of halogens is 2. The number of rotatable bonds is 3. The molecule has 2 atom stereocenters. The molecular weight excluding hydrogens is 302 g/mol. The number of aliphatic hydroxyl groups is 1. The van der Waals surface area contributed by atoms with Crippen LogP contribution in [0.2, 0.25) is 5.02 Å². The van der Waals surface area contributed by atoms with Crippen molar-refractivity contribution < 1.29 is 5.11 Å². The van der Waals surface area contributed by atoms with E-state index in [0.717, 1.165) is 47.3 Å². The molecule has 0 aromatic heterocycles. The number of benzene rings is 1. The molecule has 0 saturated heterocycles. The van der Waals surface area contributed by atoms with Gasteiger partial charge in [-0.1, -0.05) is 27.5 Å². The number of hydrogen-bond acceptors (Lipinski definition) is 2. The average molecular weight is 319 g/mol. The fourth-order valence-corrected chi connectivity index (χ4v) is 2.86. The van der Waals surface area contributed by atoms with Crippen molar-refractivity contribution >= 4 is 27.5 Å². The molecule has 1 aliphatic rings. The fraction of sp³-hybridized carbons (Fsp3) is 0.538. The van der Waals surface area contributed by atoms with Gasteiger partial charge in [0.2, 0.25) is 0 Å². The molecule has 0 heterocycles. The van der Waals surface area contributed by atoms with Crippen molar-refractivity contribution in [1.82, 2.24) is 5.32 Å². The molecular formula is C13H17BrClNO. The van der Waals surface area contributed by atoms with E-state index >= 15 is 0 Å². The van der Waals surface area contributed by atoms with Crippen LogP contribution in [0.25, 0.3) is 0 Å². The molecule has 2 unspecified atom stereocenters. The summed E-state index contributed by atoms with van der Waals surface area (Å²) in [5.41, 5.74) is 1.16. The molecule has 0 radical (unpaired) electrons. The Balaban J connectivity index is 1.90. The third-order valence-corrected chi connectivity index (χ3v) is 4.24. The van der Waals surface area contributed by atoms with Crippen molar-refractivity contribution in [2.45, 2.75) is 44.4 Å². The summed E-state index contributed by atoms with van der Waals surface area (Å²) in [7, 11) is 0. The summed E-state index contributed by atoms with van der Waals surface area (Å²) in [4.78, 5) is 0. The van der Waals surface area contributed by atoms with Crippen LogP contribution < -0.4 is 5.32 Å². The van der Waals surface area contributed by atoms with Crippen molar-refractivity contribution in [1.29, 1.82) is 0 Å². The molecule has 0 aliphatic heterocycles. The van der Waals surface area contributed by atoms with Crippen LogP contribution in [0.5, 0.6) is 0 Å². The van der Waals surface area contributed by atoms with Gasteiger partial charge in [0.25, 0.3) is 0 Å². The summed E-state index contributed by atoms with van der Waals surface area (Å²) >= 11 is 9.49. The molecule has 2 rings (SSSR count). The van der Waals surface area contributed by atoms with Crippen LogP contribution in [0.4, 0.5) is 0 Å². The Bertz CT molecular complexity index is 386. The summed E-state index contributed by atoms with van der Waals surface area (Å²) in [5.74, 6) is 0. The van der Waals surface area contributed by atoms with E-state index in [1.807, 2.05) is 18.2 Å². The van der Waals surface area contributed by atoms with Crippen LogP contribution in [-0.4, -0.2) is 17.3 Å². The Kier molecular flexibility index (Phi) is 4.86. The Hall–Kier alpha value is -0.0900. The third-order valence-electron chi connectivity index (χ3n) is 3.24. The first-order chi connectivity index (χ1) is 8.15. The molecule has 2 N–H and O–H groups in total. The zero-order chi connectivity index (χ0) is 12.3. The SMILES string of the molecule is OC1CCCC(NCc2cc(Cl)ccc2Br)C1. The number of hydrogen-bond donors (Lipinski definition) is 2. The molecule has 0 amide bonds. The predicted octanol–water partition coefficient (Wildman–Crippen LogP) is 3.50. The number of aliphatic hydroxyl groups excluding tert-OH is 1. The minimum atomic E-state index is -0.135. The second kappa shape index (κ2) is 6.19. The monoisotopic (exact) mass is 317 g/mol. The summed E-state index contributed by atoms with van der Waals surface area (Å²) in [6, 6.07) is 6.23. The van der Waals surface area contributed by atoms with Crippen LogP contribution >= 0.6 is 27.5 Å². The Morgan fingerprint density at radius 1 is 1.41 bits per heavy atom. The Morgan fingerprint density at radius 3 is 3.00 bits per heavy atom. The maximum atomic E-state index is 9.61. The molecule has 1 aromatic rings. The standard InChI is InChI=1S/C13H17BrClNO/c14-13-5-4-10(15)6-9(13)8-16-11-2-1-3-12(17)7-11/h4-6,11-12,16-17H,1-3,7-8H2. The van der Waals surface area contributed by atoms with Gasteiger partial charge in [-0.05, 0) is 49.4 Å².